The number of aliphatic imine (C=N–C) groups is 1. The van der Waals surface area contributed by atoms with E-state index in [9.17, 15) is 0 Å². The highest BCUT2D eigenvalue weighted by atomic mass is 35.5. The molecule has 22 heavy (non-hydrogen) atoms. The first-order valence-corrected chi connectivity index (χ1v) is 7.94. The predicted molar refractivity (Wildman–Crippen MR) is 95.5 cm³/mol. The average molecular weight is 332 g/mol. The largest absolute Gasteiger partial charge is 0.349 e. The first kappa shape index (κ1) is 15.3. The van der Waals surface area contributed by atoms with Crippen LogP contribution >= 0.6 is 24.2 Å². The van der Waals surface area contributed by atoms with E-state index in [1.54, 1.807) is 0 Å². The first-order chi connectivity index (χ1) is 10.3. The summed E-state index contributed by atoms with van der Waals surface area (Å²) in [4.78, 5) is 11.9. The molecule has 0 amide bonds. The Morgan fingerprint density at radius 1 is 1.05 bits per heavy atom. The molecule has 2 aromatic carbocycles. The van der Waals surface area contributed by atoms with Crippen molar-refractivity contribution in [3.05, 3.63) is 54.1 Å². The normalized spacial score (nSPS) is 18.4. The van der Waals surface area contributed by atoms with Crippen LogP contribution in [0.15, 0.2) is 63.3 Å². The van der Waals surface area contributed by atoms with Gasteiger partial charge in [0.25, 0.3) is 0 Å². The molecule has 2 aliphatic rings. The Bertz CT molecular complexity index is 729. The van der Waals surface area contributed by atoms with Crippen LogP contribution in [0.1, 0.15) is 11.6 Å². The summed E-state index contributed by atoms with van der Waals surface area (Å²) in [5.74, 6) is 1.05. The molecule has 0 saturated heterocycles. The number of anilines is 1. The van der Waals surface area contributed by atoms with E-state index in [-0.39, 0.29) is 12.4 Å². The molecule has 0 spiro atoms. The average Bonchev–Trinajstić information content (AvgIpc) is 2.88. The Kier molecular flexibility index (Phi) is 4.06. The highest BCUT2D eigenvalue weighted by Gasteiger charge is 2.36. The fraction of sp³-hybridized carbons (Fsp3) is 0.235. The molecule has 0 aliphatic carbocycles. The van der Waals surface area contributed by atoms with Gasteiger partial charge in [-0.25, -0.2) is 0 Å². The molecule has 114 valence electrons. The minimum absolute atomic E-state index is 0. The number of halogens is 1. The maximum Gasteiger partial charge on any atom is 0.201 e. The Labute approximate surface area is 141 Å². The smallest absolute Gasteiger partial charge is 0.201 e. The number of para-hydroxylation sites is 1. The van der Waals surface area contributed by atoms with Crippen molar-refractivity contribution in [1.29, 1.82) is 0 Å². The fourth-order valence-corrected chi connectivity index (χ4v) is 4.17. The van der Waals surface area contributed by atoms with Gasteiger partial charge in [-0.15, -0.1) is 12.4 Å². The molecule has 1 atom stereocenters. The highest BCUT2D eigenvalue weighted by molar-refractivity contribution is 7.99. The zero-order chi connectivity index (χ0) is 14.4. The van der Waals surface area contributed by atoms with E-state index in [1.165, 1.54) is 21.0 Å². The van der Waals surface area contributed by atoms with Crippen molar-refractivity contribution in [3.8, 4) is 0 Å². The number of guanidine groups is 1. The van der Waals surface area contributed by atoms with Crippen LogP contribution in [0, 0.1) is 0 Å². The summed E-state index contributed by atoms with van der Waals surface area (Å²) in [6, 6.07) is 17.6. The minimum Gasteiger partial charge on any atom is -0.349 e. The molecule has 2 aromatic rings. The second-order valence-electron chi connectivity index (χ2n) is 5.53. The van der Waals surface area contributed by atoms with Gasteiger partial charge in [0.05, 0.1) is 18.3 Å². The van der Waals surface area contributed by atoms with E-state index >= 15 is 0 Å². The first-order valence-electron chi connectivity index (χ1n) is 7.12. The third-order valence-electron chi connectivity index (χ3n) is 3.96. The van der Waals surface area contributed by atoms with E-state index in [2.05, 4.69) is 72.4 Å². The van der Waals surface area contributed by atoms with Gasteiger partial charge >= 0.3 is 0 Å². The Hall–Kier alpha value is -1.65. The van der Waals surface area contributed by atoms with E-state index in [0.717, 1.165) is 12.5 Å². The van der Waals surface area contributed by atoms with Gasteiger partial charge in [-0.2, -0.15) is 0 Å². The molecular weight excluding hydrogens is 314 g/mol. The Morgan fingerprint density at radius 2 is 1.73 bits per heavy atom. The maximum atomic E-state index is 4.78. The van der Waals surface area contributed by atoms with Crippen molar-refractivity contribution in [2.24, 2.45) is 4.99 Å². The standard InChI is InChI=1S/C17H17N3S.ClH/c1-19(2)17-18-11-14-12-7-3-5-9-15(12)21-16-10-6-4-8-13(16)20(14)17;/h3-10,14H,11H2,1-2H3;1H. The highest BCUT2D eigenvalue weighted by Crippen LogP contribution is 2.47. The van der Waals surface area contributed by atoms with Gasteiger partial charge in [0.1, 0.15) is 0 Å². The van der Waals surface area contributed by atoms with Crippen LogP contribution in [-0.2, 0) is 0 Å². The summed E-state index contributed by atoms with van der Waals surface area (Å²) in [7, 11) is 4.13. The molecule has 1 unspecified atom stereocenters. The lowest BCUT2D eigenvalue weighted by molar-refractivity contribution is 0.604. The Balaban J connectivity index is 0.00000144. The van der Waals surface area contributed by atoms with Gasteiger partial charge < -0.3 is 9.80 Å². The number of rotatable bonds is 0. The SMILES string of the molecule is CN(C)C1=NCC2c3ccccc3Sc3ccccc3N12.Cl. The molecule has 0 radical (unpaired) electrons. The van der Waals surface area contributed by atoms with Crippen molar-refractivity contribution in [2.45, 2.75) is 15.8 Å². The van der Waals surface area contributed by atoms with Gasteiger partial charge in [0.15, 0.2) is 0 Å². The monoisotopic (exact) mass is 331 g/mol. The third-order valence-corrected chi connectivity index (χ3v) is 5.11. The summed E-state index contributed by atoms with van der Waals surface area (Å²) in [5.41, 5.74) is 2.63. The number of hydrogen-bond acceptors (Lipinski definition) is 4. The van der Waals surface area contributed by atoms with E-state index in [1.807, 2.05) is 11.8 Å². The van der Waals surface area contributed by atoms with Crippen LogP contribution in [0.3, 0.4) is 0 Å². The molecule has 2 aliphatic heterocycles. The molecule has 5 heteroatoms. The van der Waals surface area contributed by atoms with Gasteiger partial charge in [-0.1, -0.05) is 42.1 Å². The van der Waals surface area contributed by atoms with Crippen LogP contribution in [0.25, 0.3) is 0 Å². The second-order valence-corrected chi connectivity index (χ2v) is 6.61. The van der Waals surface area contributed by atoms with Crippen LogP contribution in [0.5, 0.6) is 0 Å². The fourth-order valence-electron chi connectivity index (χ4n) is 3.05. The van der Waals surface area contributed by atoms with Gasteiger partial charge in [-0.3, -0.25) is 4.99 Å². The summed E-state index contributed by atoms with van der Waals surface area (Å²) >= 11 is 1.86. The van der Waals surface area contributed by atoms with Crippen LogP contribution in [0.2, 0.25) is 0 Å². The van der Waals surface area contributed by atoms with Gasteiger partial charge in [-0.05, 0) is 23.8 Å². The van der Waals surface area contributed by atoms with Crippen molar-refractivity contribution in [2.75, 3.05) is 25.5 Å². The lowest BCUT2D eigenvalue weighted by Gasteiger charge is -2.30. The minimum atomic E-state index is 0. The zero-order valence-electron chi connectivity index (χ0n) is 12.6. The third kappa shape index (κ3) is 2.27. The van der Waals surface area contributed by atoms with Gasteiger partial charge in [0.2, 0.25) is 5.96 Å². The zero-order valence-corrected chi connectivity index (χ0v) is 14.2. The number of fused-ring (bicyclic) bond motifs is 5. The molecular formula is C17H18ClN3S. The van der Waals surface area contributed by atoms with Crippen molar-refractivity contribution >= 4 is 35.8 Å². The van der Waals surface area contributed by atoms with Crippen molar-refractivity contribution in [3.63, 3.8) is 0 Å². The maximum absolute atomic E-state index is 4.78. The predicted octanol–water partition coefficient (Wildman–Crippen LogP) is 4.05. The second kappa shape index (κ2) is 5.86. The molecule has 0 saturated carbocycles. The van der Waals surface area contributed by atoms with E-state index in [4.69, 9.17) is 4.99 Å². The van der Waals surface area contributed by atoms with Crippen LogP contribution in [-0.4, -0.2) is 31.5 Å². The molecule has 3 nitrogen and oxygen atoms in total. The Morgan fingerprint density at radius 3 is 2.50 bits per heavy atom. The lowest BCUT2D eigenvalue weighted by atomic mass is 10.1. The molecule has 0 aromatic heterocycles. The van der Waals surface area contributed by atoms with E-state index in [0.29, 0.717) is 6.04 Å². The topological polar surface area (TPSA) is 18.8 Å². The molecule has 0 N–H and O–H groups in total. The van der Waals surface area contributed by atoms with Crippen molar-refractivity contribution in [1.82, 2.24) is 4.90 Å². The number of nitrogens with zero attached hydrogens (tertiary/aromatic N) is 3. The summed E-state index contributed by atoms with van der Waals surface area (Å²) < 4.78 is 0. The summed E-state index contributed by atoms with van der Waals surface area (Å²) in [6.07, 6.45) is 0. The quantitative estimate of drug-likeness (QED) is 0.725. The van der Waals surface area contributed by atoms with E-state index < -0.39 is 0 Å². The molecule has 2 heterocycles. The lowest BCUT2D eigenvalue weighted by Crippen LogP contribution is -2.39. The summed E-state index contributed by atoms with van der Waals surface area (Å²) in [5, 5.41) is 0. The van der Waals surface area contributed by atoms with Crippen LogP contribution < -0.4 is 4.90 Å². The van der Waals surface area contributed by atoms with Crippen LogP contribution in [0.4, 0.5) is 5.69 Å². The number of benzene rings is 2. The number of hydrogen-bond donors (Lipinski definition) is 0. The molecule has 0 fully saturated rings. The van der Waals surface area contributed by atoms with Gasteiger partial charge in [0, 0.05) is 23.9 Å². The summed E-state index contributed by atoms with van der Waals surface area (Å²) in [6.45, 7) is 0.819. The van der Waals surface area contributed by atoms with Crippen molar-refractivity contribution < 1.29 is 0 Å². The molecule has 0 bridgehead atoms. The molecule has 4 rings (SSSR count).